The molecule has 15 nitrogen and oxygen atoms in total. The van der Waals surface area contributed by atoms with Crippen molar-refractivity contribution in [1.82, 2.24) is 25.1 Å². The zero-order valence-electron chi connectivity index (χ0n) is 24.8. The van der Waals surface area contributed by atoms with Gasteiger partial charge in [-0.05, 0) is 32.5 Å². The summed E-state index contributed by atoms with van der Waals surface area (Å²) in [6, 6.07) is 4.80. The van der Waals surface area contributed by atoms with Gasteiger partial charge in [0.15, 0.2) is 23.6 Å². The normalized spacial score (nSPS) is 18.7. The molecule has 46 heavy (non-hydrogen) atoms. The van der Waals surface area contributed by atoms with E-state index in [0.717, 1.165) is 41.9 Å². The number of amides is 2. The molecule has 2 amide bonds. The molecule has 5 rings (SSSR count). The highest BCUT2D eigenvalue weighted by Crippen LogP contribution is 2.40. The molecule has 2 aliphatic heterocycles. The molecule has 0 aromatic carbocycles. The summed E-state index contributed by atoms with van der Waals surface area (Å²) in [5, 5.41) is 28.3. The Bertz CT molecular complexity index is 1760. The molecular formula is C28H32ClN8O7S2+. The number of thiazole rings is 1. The first-order chi connectivity index (χ1) is 22.0. The van der Waals surface area contributed by atoms with Crippen LogP contribution in [0.2, 0.25) is 4.34 Å². The standard InChI is InChI=1S/C28H31ClN8O7S2/c1-3-17(26(40)41)44-34-19(18-22(29)46-28(30)33-18)23(38)32-20-24(39)37-21(27(42)43)14(13-45-25(20)37)12-36-9-4-6-15-16(36)7-11-35(15)10-5-8-31-2/h4,6-7,9,11,17,20,25,31H,3,5,8,10,12-13H2,1-2H3,(H4-,30,32,33,38,40,41,42,43)/p+1/b34-19-/t17-,20+,25+/m0/s1. The van der Waals surface area contributed by atoms with Crippen molar-refractivity contribution in [2.24, 2.45) is 5.16 Å². The Kier molecular flexibility index (Phi) is 10.1. The highest BCUT2D eigenvalue weighted by molar-refractivity contribution is 8.00. The van der Waals surface area contributed by atoms with Gasteiger partial charge in [0.05, 0.1) is 0 Å². The van der Waals surface area contributed by atoms with Crippen LogP contribution in [0.3, 0.4) is 0 Å². The number of nitrogens with two attached hydrogens (primary N) is 1. The maximum absolute atomic E-state index is 13.4. The summed E-state index contributed by atoms with van der Waals surface area (Å²) in [6.45, 7) is 3.52. The summed E-state index contributed by atoms with van der Waals surface area (Å²) in [7, 11) is 1.91. The summed E-state index contributed by atoms with van der Waals surface area (Å²) in [5.74, 6) is -3.79. The van der Waals surface area contributed by atoms with Gasteiger partial charge in [-0.3, -0.25) is 14.5 Å². The number of carboxylic acid groups (broad SMARTS) is 2. The van der Waals surface area contributed by atoms with E-state index in [0.29, 0.717) is 11.3 Å². The number of aromatic nitrogens is 3. The number of β-lactam (4-membered cyclic amide) rings is 1. The lowest BCUT2D eigenvalue weighted by atomic mass is 10.0. The lowest BCUT2D eigenvalue weighted by Crippen LogP contribution is -2.71. The van der Waals surface area contributed by atoms with Gasteiger partial charge in [-0.15, -0.1) is 11.8 Å². The topological polar surface area (TPSA) is 205 Å². The van der Waals surface area contributed by atoms with Gasteiger partial charge >= 0.3 is 11.9 Å². The van der Waals surface area contributed by atoms with Gasteiger partial charge in [0.1, 0.15) is 32.7 Å². The Morgan fingerprint density at radius 2 is 2.11 bits per heavy atom. The van der Waals surface area contributed by atoms with Crippen LogP contribution in [0.5, 0.6) is 0 Å². The van der Waals surface area contributed by atoms with Gasteiger partial charge in [-0.1, -0.05) is 35.0 Å². The number of nitrogens with zero attached hydrogens (tertiary/aromatic N) is 5. The van der Waals surface area contributed by atoms with Crippen LogP contribution in [-0.2, 0) is 37.1 Å². The number of nitrogen functional groups attached to an aromatic ring is 1. The van der Waals surface area contributed by atoms with Gasteiger partial charge in [-0.25, -0.2) is 14.6 Å². The number of aryl methyl sites for hydroxylation is 1. The van der Waals surface area contributed by atoms with E-state index in [-0.39, 0.29) is 33.8 Å². The molecular weight excluding hydrogens is 660 g/mol. The molecule has 1 fully saturated rings. The summed E-state index contributed by atoms with van der Waals surface area (Å²) >= 11 is 8.40. The zero-order chi connectivity index (χ0) is 33.1. The molecule has 0 spiro atoms. The van der Waals surface area contributed by atoms with Crippen molar-refractivity contribution in [3.63, 3.8) is 0 Å². The smallest absolute Gasteiger partial charge is 0.352 e. The Hall–Kier alpha value is -4.19. The van der Waals surface area contributed by atoms with Crippen molar-refractivity contribution in [2.45, 2.75) is 50.4 Å². The number of rotatable bonds is 14. The number of carbonyl (C=O) groups excluding carboxylic acids is 2. The van der Waals surface area contributed by atoms with Gasteiger partial charge in [-0.2, -0.15) is 4.57 Å². The number of anilines is 1. The van der Waals surface area contributed by atoms with E-state index in [1.165, 1.54) is 16.7 Å². The Labute approximate surface area is 276 Å². The second-order valence-corrected chi connectivity index (χ2v) is 13.2. The van der Waals surface area contributed by atoms with Gasteiger partial charge in [0.25, 0.3) is 11.8 Å². The first-order valence-corrected chi connectivity index (χ1v) is 16.5. The third kappa shape index (κ3) is 6.53. The third-order valence-corrected chi connectivity index (χ3v) is 9.92. The van der Waals surface area contributed by atoms with Crippen molar-refractivity contribution < 1.29 is 38.8 Å². The predicted octanol–water partition coefficient (Wildman–Crippen LogP) is 1.25. The van der Waals surface area contributed by atoms with Crippen LogP contribution in [0.4, 0.5) is 5.13 Å². The molecule has 0 radical (unpaired) electrons. The molecule has 0 unspecified atom stereocenters. The average Bonchev–Trinajstić information content (AvgIpc) is 3.59. The monoisotopic (exact) mass is 691 g/mol. The highest BCUT2D eigenvalue weighted by atomic mass is 35.5. The lowest BCUT2D eigenvalue weighted by molar-refractivity contribution is -0.663. The zero-order valence-corrected chi connectivity index (χ0v) is 27.2. The third-order valence-electron chi connectivity index (χ3n) is 7.50. The molecule has 18 heteroatoms. The number of pyridine rings is 1. The molecule has 3 aromatic heterocycles. The van der Waals surface area contributed by atoms with Crippen molar-refractivity contribution >= 4 is 80.3 Å². The van der Waals surface area contributed by atoms with Crippen LogP contribution in [0.15, 0.2) is 47.0 Å². The van der Waals surface area contributed by atoms with Gasteiger partial charge < -0.3 is 36.0 Å². The minimum Gasteiger partial charge on any atom is -0.478 e. The minimum absolute atomic E-state index is 0.00791. The van der Waals surface area contributed by atoms with E-state index in [4.69, 9.17) is 22.2 Å². The molecule has 5 heterocycles. The second kappa shape index (κ2) is 14.1. The fraction of sp³-hybridized carbons (Fsp3) is 0.393. The highest BCUT2D eigenvalue weighted by Gasteiger charge is 2.55. The Balaban J connectivity index is 1.37. The molecule has 3 aromatic rings. The minimum atomic E-state index is -1.35. The van der Waals surface area contributed by atoms with Crippen LogP contribution in [0, 0.1) is 0 Å². The van der Waals surface area contributed by atoms with E-state index in [1.807, 2.05) is 42.2 Å². The Morgan fingerprint density at radius 3 is 2.76 bits per heavy atom. The number of carboxylic acids is 2. The van der Waals surface area contributed by atoms with Crippen LogP contribution in [0.1, 0.15) is 25.5 Å². The molecule has 1 saturated heterocycles. The molecule has 0 aliphatic carbocycles. The summed E-state index contributed by atoms with van der Waals surface area (Å²) < 4.78 is 4.11. The lowest BCUT2D eigenvalue weighted by Gasteiger charge is -2.49. The summed E-state index contributed by atoms with van der Waals surface area (Å²) in [5.41, 5.74) is 7.49. The van der Waals surface area contributed by atoms with E-state index in [2.05, 4.69) is 25.3 Å². The number of fused-ring (bicyclic) bond motifs is 2. The molecule has 6 N–H and O–H groups in total. The molecule has 244 valence electrons. The van der Waals surface area contributed by atoms with Crippen LogP contribution in [0.25, 0.3) is 11.0 Å². The van der Waals surface area contributed by atoms with Crippen LogP contribution >= 0.6 is 34.7 Å². The summed E-state index contributed by atoms with van der Waals surface area (Å²) in [6.07, 6.45) is 3.52. The Morgan fingerprint density at radius 1 is 1.33 bits per heavy atom. The largest absolute Gasteiger partial charge is 0.478 e. The maximum atomic E-state index is 13.4. The summed E-state index contributed by atoms with van der Waals surface area (Å²) in [4.78, 5) is 61.0. The van der Waals surface area contributed by atoms with E-state index in [1.54, 1.807) is 6.92 Å². The molecule has 0 saturated carbocycles. The first kappa shape index (κ1) is 33.2. The second-order valence-electron chi connectivity index (χ2n) is 10.4. The van der Waals surface area contributed by atoms with Gasteiger partial charge in [0, 0.05) is 36.2 Å². The van der Waals surface area contributed by atoms with Crippen LogP contribution in [-0.4, -0.2) is 91.0 Å². The fourth-order valence-electron chi connectivity index (χ4n) is 5.26. The predicted molar refractivity (Wildman–Crippen MR) is 171 cm³/mol. The molecule has 0 bridgehead atoms. The van der Waals surface area contributed by atoms with Gasteiger partial charge in [0.2, 0.25) is 11.6 Å². The number of carbonyl (C=O) groups is 4. The number of thioether (sulfide) groups is 1. The number of nitrogens with one attached hydrogen (secondary N) is 2. The van der Waals surface area contributed by atoms with E-state index >= 15 is 0 Å². The molecule has 2 aliphatic rings. The molecule has 3 atom stereocenters. The fourth-order valence-corrected chi connectivity index (χ4v) is 7.52. The number of hydrogen-bond acceptors (Lipinski definition) is 11. The number of aliphatic carboxylic acids is 2. The van der Waals surface area contributed by atoms with E-state index < -0.39 is 47.0 Å². The quantitative estimate of drug-likeness (QED) is 0.0535. The number of oxime groups is 1. The maximum Gasteiger partial charge on any atom is 0.352 e. The van der Waals surface area contributed by atoms with Crippen molar-refractivity contribution in [1.29, 1.82) is 0 Å². The SMILES string of the molecule is CC[C@H](O/N=C(\C(=O)N[C@@H]1C(=O)N2C(C(=O)O)=C(C[n+]3cccc4c3ccn4CCCNC)CS[C@H]12)c1nc(N)sc1Cl)C(=O)O. The average molecular weight is 692 g/mol. The van der Waals surface area contributed by atoms with Crippen molar-refractivity contribution in [2.75, 3.05) is 25.1 Å². The van der Waals surface area contributed by atoms with Crippen molar-refractivity contribution in [3.05, 3.63) is 51.9 Å². The first-order valence-electron chi connectivity index (χ1n) is 14.3. The van der Waals surface area contributed by atoms with Crippen molar-refractivity contribution in [3.8, 4) is 0 Å². The number of halogens is 1. The number of hydrogen-bond donors (Lipinski definition) is 5. The van der Waals surface area contributed by atoms with Crippen LogP contribution < -0.4 is 20.9 Å². The van der Waals surface area contributed by atoms with E-state index in [9.17, 15) is 29.4 Å².